The lowest BCUT2D eigenvalue weighted by molar-refractivity contribution is -0.135. The third-order valence-corrected chi connectivity index (χ3v) is 4.29. The Morgan fingerprint density at radius 2 is 2.04 bits per heavy atom. The van der Waals surface area contributed by atoms with Gasteiger partial charge in [-0.25, -0.2) is 4.98 Å². The van der Waals surface area contributed by atoms with Crippen LogP contribution >= 0.6 is 0 Å². The van der Waals surface area contributed by atoms with E-state index in [0.29, 0.717) is 18.1 Å². The third-order valence-electron chi connectivity index (χ3n) is 4.29. The van der Waals surface area contributed by atoms with Gasteiger partial charge >= 0.3 is 0 Å². The van der Waals surface area contributed by atoms with Crippen LogP contribution in [0.15, 0.2) is 41.0 Å². The molecule has 6 heteroatoms. The smallest absolute Gasteiger partial charge is 0.228 e. The van der Waals surface area contributed by atoms with Gasteiger partial charge in [0.1, 0.15) is 6.26 Å². The molecular weight excluding hydrogens is 306 g/mol. The normalized spacial score (nSPS) is 17.7. The molecule has 6 nitrogen and oxygen atoms in total. The lowest BCUT2D eigenvalue weighted by atomic mass is 9.98. The van der Waals surface area contributed by atoms with Gasteiger partial charge in [-0.3, -0.25) is 9.59 Å². The molecule has 1 aromatic carbocycles. The molecule has 0 spiro atoms. The van der Waals surface area contributed by atoms with E-state index < -0.39 is 0 Å². The van der Waals surface area contributed by atoms with Gasteiger partial charge in [0.05, 0.1) is 12.1 Å². The van der Waals surface area contributed by atoms with Crippen molar-refractivity contribution in [1.82, 2.24) is 9.88 Å². The minimum Gasteiger partial charge on any atom is -0.444 e. The molecule has 1 atom stereocenters. The Morgan fingerprint density at radius 1 is 1.25 bits per heavy atom. The van der Waals surface area contributed by atoms with Gasteiger partial charge < -0.3 is 15.1 Å². The first kappa shape index (κ1) is 16.2. The Labute approximate surface area is 140 Å². The molecule has 0 bridgehead atoms. The summed E-state index contributed by atoms with van der Waals surface area (Å²) in [5.41, 5.74) is 6.78. The molecule has 1 aliphatic rings. The average molecular weight is 327 g/mol. The second-order valence-electron chi connectivity index (χ2n) is 6.09. The number of nitrogens with two attached hydrogens (primary N) is 1. The summed E-state index contributed by atoms with van der Waals surface area (Å²) in [5, 5.41) is 0. The maximum atomic E-state index is 12.6. The minimum atomic E-state index is -0.368. The number of hydrogen-bond acceptors (Lipinski definition) is 4. The molecule has 0 saturated carbocycles. The van der Waals surface area contributed by atoms with Gasteiger partial charge in [-0.15, -0.1) is 0 Å². The zero-order valence-corrected chi connectivity index (χ0v) is 13.5. The third kappa shape index (κ3) is 3.82. The van der Waals surface area contributed by atoms with Gasteiger partial charge in [-0.2, -0.15) is 0 Å². The quantitative estimate of drug-likeness (QED) is 0.911. The lowest BCUT2D eigenvalue weighted by Gasteiger charge is -2.35. The van der Waals surface area contributed by atoms with Crippen LogP contribution in [0.4, 0.5) is 0 Å². The van der Waals surface area contributed by atoms with Crippen molar-refractivity contribution in [2.45, 2.75) is 38.1 Å². The Hall–Kier alpha value is -2.63. The summed E-state index contributed by atoms with van der Waals surface area (Å²) in [7, 11) is 0. The van der Waals surface area contributed by atoms with Gasteiger partial charge in [0.25, 0.3) is 0 Å². The maximum Gasteiger partial charge on any atom is 0.228 e. The zero-order valence-electron chi connectivity index (χ0n) is 13.5. The number of likely N-dealkylation sites (tertiary alicyclic amines) is 1. The molecule has 24 heavy (non-hydrogen) atoms. The summed E-state index contributed by atoms with van der Waals surface area (Å²) in [6.45, 7) is 0.667. The van der Waals surface area contributed by atoms with Crippen LogP contribution in [-0.4, -0.2) is 34.3 Å². The number of hydrogen-bond donors (Lipinski definition) is 1. The first-order chi connectivity index (χ1) is 11.6. The van der Waals surface area contributed by atoms with Crippen LogP contribution in [0.5, 0.6) is 0 Å². The van der Waals surface area contributed by atoms with E-state index in [4.69, 9.17) is 10.2 Å². The van der Waals surface area contributed by atoms with Crippen LogP contribution in [0, 0.1) is 0 Å². The highest BCUT2D eigenvalue weighted by atomic mass is 16.3. The minimum absolute atomic E-state index is 0.0335. The number of rotatable bonds is 5. The van der Waals surface area contributed by atoms with Gasteiger partial charge in [-0.05, 0) is 31.4 Å². The summed E-state index contributed by atoms with van der Waals surface area (Å²) in [6.07, 6.45) is 4.71. The molecule has 2 N–H and O–H groups in total. The first-order valence-electron chi connectivity index (χ1n) is 8.21. The second-order valence-corrected chi connectivity index (χ2v) is 6.09. The number of benzene rings is 1. The standard InChI is InChI=1S/C18H21N3O3/c19-16(22)11-15-8-4-5-9-21(15)17(23)10-14-12-24-18(20-14)13-6-2-1-3-7-13/h1-3,6-7,12,15H,4-5,8-11H2,(H2,19,22). The van der Waals surface area contributed by atoms with Crippen LogP contribution < -0.4 is 5.73 Å². The molecule has 3 rings (SSSR count). The number of carbonyl (C=O) groups is 2. The molecule has 1 unspecified atom stereocenters. The van der Waals surface area contributed by atoms with E-state index in [0.717, 1.165) is 24.8 Å². The molecule has 126 valence electrons. The number of carbonyl (C=O) groups excluding carboxylic acids is 2. The highest BCUT2D eigenvalue weighted by molar-refractivity contribution is 5.80. The number of nitrogens with zero attached hydrogens (tertiary/aromatic N) is 2. The van der Waals surface area contributed by atoms with Gasteiger partial charge in [0.2, 0.25) is 17.7 Å². The summed E-state index contributed by atoms with van der Waals surface area (Å²) in [6, 6.07) is 9.46. The van der Waals surface area contributed by atoms with Crippen molar-refractivity contribution in [2.75, 3.05) is 6.54 Å². The molecular formula is C18H21N3O3. The summed E-state index contributed by atoms with van der Waals surface area (Å²) >= 11 is 0. The monoisotopic (exact) mass is 327 g/mol. The van der Waals surface area contributed by atoms with Crippen LogP contribution in [0.3, 0.4) is 0 Å². The second kappa shape index (κ2) is 7.29. The first-order valence-corrected chi connectivity index (χ1v) is 8.21. The fourth-order valence-corrected chi connectivity index (χ4v) is 3.13. The van der Waals surface area contributed by atoms with Crippen LogP contribution in [-0.2, 0) is 16.0 Å². The molecule has 2 heterocycles. The number of aromatic nitrogens is 1. The SMILES string of the molecule is NC(=O)CC1CCCCN1C(=O)Cc1coc(-c2ccccc2)n1. The maximum absolute atomic E-state index is 12.6. The van der Waals surface area contributed by atoms with E-state index in [-0.39, 0.29) is 30.7 Å². The van der Waals surface area contributed by atoms with Crippen LogP contribution in [0.2, 0.25) is 0 Å². The van der Waals surface area contributed by atoms with Crippen molar-refractivity contribution in [1.29, 1.82) is 0 Å². The van der Waals surface area contributed by atoms with E-state index in [1.807, 2.05) is 30.3 Å². The van der Waals surface area contributed by atoms with Crippen molar-refractivity contribution in [2.24, 2.45) is 5.73 Å². The number of amides is 2. The van der Waals surface area contributed by atoms with E-state index >= 15 is 0 Å². The fourth-order valence-electron chi connectivity index (χ4n) is 3.13. The predicted octanol–water partition coefficient (Wildman–Crippen LogP) is 2.14. The van der Waals surface area contributed by atoms with Gasteiger partial charge in [0.15, 0.2) is 0 Å². The van der Waals surface area contributed by atoms with Crippen molar-refractivity contribution < 1.29 is 14.0 Å². The van der Waals surface area contributed by atoms with E-state index in [9.17, 15) is 9.59 Å². The van der Waals surface area contributed by atoms with Crippen molar-refractivity contribution in [3.05, 3.63) is 42.3 Å². The van der Waals surface area contributed by atoms with Gasteiger partial charge in [-0.1, -0.05) is 18.2 Å². The largest absolute Gasteiger partial charge is 0.444 e. The molecule has 1 saturated heterocycles. The Morgan fingerprint density at radius 3 is 2.79 bits per heavy atom. The van der Waals surface area contributed by atoms with Crippen molar-refractivity contribution >= 4 is 11.8 Å². The van der Waals surface area contributed by atoms with E-state index in [2.05, 4.69) is 4.98 Å². The van der Waals surface area contributed by atoms with E-state index in [1.165, 1.54) is 6.26 Å². The molecule has 1 aromatic heterocycles. The molecule has 0 radical (unpaired) electrons. The Kier molecular flexibility index (Phi) is 4.93. The molecule has 1 fully saturated rings. The van der Waals surface area contributed by atoms with Crippen LogP contribution in [0.1, 0.15) is 31.4 Å². The highest BCUT2D eigenvalue weighted by Gasteiger charge is 2.28. The Balaban J connectivity index is 1.68. The molecule has 2 amide bonds. The number of oxazole rings is 1. The zero-order chi connectivity index (χ0) is 16.9. The van der Waals surface area contributed by atoms with E-state index in [1.54, 1.807) is 4.90 Å². The number of primary amides is 1. The molecule has 1 aliphatic heterocycles. The number of piperidine rings is 1. The van der Waals surface area contributed by atoms with Gasteiger partial charge in [0, 0.05) is 24.6 Å². The van der Waals surface area contributed by atoms with Crippen molar-refractivity contribution in [3.8, 4) is 11.5 Å². The van der Waals surface area contributed by atoms with Crippen molar-refractivity contribution in [3.63, 3.8) is 0 Å². The molecule has 2 aromatic rings. The average Bonchev–Trinajstić information content (AvgIpc) is 3.04. The Bertz CT molecular complexity index is 711. The highest BCUT2D eigenvalue weighted by Crippen LogP contribution is 2.22. The summed E-state index contributed by atoms with van der Waals surface area (Å²) in [4.78, 5) is 30.0. The predicted molar refractivity (Wildman–Crippen MR) is 88.8 cm³/mol. The van der Waals surface area contributed by atoms with Crippen LogP contribution in [0.25, 0.3) is 11.5 Å². The fraction of sp³-hybridized carbons (Fsp3) is 0.389. The summed E-state index contributed by atoms with van der Waals surface area (Å²) in [5.74, 6) is 0.104. The lowest BCUT2D eigenvalue weighted by Crippen LogP contribution is -2.46. The topological polar surface area (TPSA) is 89.4 Å². The molecule has 0 aliphatic carbocycles. The summed E-state index contributed by atoms with van der Waals surface area (Å²) < 4.78 is 5.47.